The van der Waals surface area contributed by atoms with Gasteiger partial charge in [0, 0.05) is 31.7 Å². The molecule has 3 heterocycles. The highest BCUT2D eigenvalue weighted by Gasteiger charge is 2.40. The number of furan rings is 2. The molecule has 12 heteroatoms. The predicted molar refractivity (Wildman–Crippen MR) is 125 cm³/mol. The fraction of sp³-hybridized carbons (Fsp3) is 0.542. The van der Waals surface area contributed by atoms with Crippen LogP contribution in [0.2, 0.25) is 0 Å². The summed E-state index contributed by atoms with van der Waals surface area (Å²) in [6.07, 6.45) is 2.42. The van der Waals surface area contributed by atoms with E-state index in [1.807, 2.05) is 25.3 Å². The molecule has 2 aromatic heterocycles. The van der Waals surface area contributed by atoms with Crippen LogP contribution in [-0.2, 0) is 32.2 Å². The molecule has 4 N–H and O–H groups in total. The third-order valence-electron chi connectivity index (χ3n) is 5.50. The lowest BCUT2D eigenvalue weighted by atomic mass is 9.96. The topological polar surface area (TPSA) is 174 Å². The molecule has 0 atom stereocenters. The average molecular weight is 511 g/mol. The lowest BCUT2D eigenvalue weighted by Gasteiger charge is -2.28. The first-order valence-electron chi connectivity index (χ1n) is 11.6. The van der Waals surface area contributed by atoms with Crippen LogP contribution in [0.1, 0.15) is 36.3 Å². The average Bonchev–Trinajstić information content (AvgIpc) is 3.45. The summed E-state index contributed by atoms with van der Waals surface area (Å²) in [5, 5.41) is 33.8. The Labute approximate surface area is 208 Å². The van der Waals surface area contributed by atoms with E-state index < -0.39 is 36.4 Å². The zero-order valence-corrected chi connectivity index (χ0v) is 20.3. The molecule has 2 aromatic rings. The second-order valence-electron chi connectivity index (χ2n) is 8.64. The van der Waals surface area contributed by atoms with Gasteiger partial charge in [0.25, 0.3) is 0 Å². The molecule has 0 unspecified atom stereocenters. The van der Waals surface area contributed by atoms with Crippen molar-refractivity contribution in [2.24, 2.45) is 0 Å². The summed E-state index contributed by atoms with van der Waals surface area (Å²) in [7, 11) is 0. The van der Waals surface area contributed by atoms with Crippen molar-refractivity contribution in [2.75, 3.05) is 39.4 Å². The van der Waals surface area contributed by atoms with Crippen molar-refractivity contribution in [1.82, 2.24) is 9.80 Å². The first-order valence-corrected chi connectivity index (χ1v) is 11.6. The van der Waals surface area contributed by atoms with Gasteiger partial charge in [0.2, 0.25) is 0 Å². The van der Waals surface area contributed by atoms with Crippen molar-refractivity contribution < 1.29 is 48.4 Å². The Kier molecular flexibility index (Phi) is 11.6. The predicted octanol–water partition coefficient (Wildman–Crippen LogP) is 1.66. The van der Waals surface area contributed by atoms with E-state index in [9.17, 15) is 14.4 Å². The molecule has 1 saturated heterocycles. The summed E-state index contributed by atoms with van der Waals surface area (Å²) in [5.74, 6) is -3.02. The van der Waals surface area contributed by atoms with Gasteiger partial charge in [-0.3, -0.25) is 19.4 Å². The summed E-state index contributed by atoms with van der Waals surface area (Å²) in [6.45, 7) is 9.72. The van der Waals surface area contributed by atoms with Crippen LogP contribution in [0.15, 0.2) is 39.6 Å². The highest BCUT2D eigenvalue weighted by Crippen LogP contribution is 2.16. The number of aryl methyl sites for hydroxylation is 1. The molecule has 1 fully saturated rings. The molecule has 0 aromatic carbocycles. The van der Waals surface area contributed by atoms with Crippen LogP contribution in [0.5, 0.6) is 0 Å². The van der Waals surface area contributed by atoms with E-state index in [0.717, 1.165) is 70.4 Å². The van der Waals surface area contributed by atoms with Gasteiger partial charge >= 0.3 is 17.9 Å². The molecule has 0 bridgehead atoms. The second kappa shape index (κ2) is 14.4. The van der Waals surface area contributed by atoms with Gasteiger partial charge in [-0.05, 0) is 38.1 Å². The molecule has 36 heavy (non-hydrogen) atoms. The first-order chi connectivity index (χ1) is 17.1. The molecule has 12 nitrogen and oxygen atoms in total. The standard InChI is InChI=1S/C18H26N2O3.C6H8O7/c1-16-3-4-18(23-16)14-20(13-17-5-10-22-15-17)7-2-6-19-8-11-21-12-9-19;7-3(8)1-6(13,5(11)12)2-4(9)10/h3-5,10,15H,2,6-9,11-14H2,1H3;13H,1-2H2,(H,7,8)(H,9,10)(H,11,12). The molecular formula is C24H34N2O10. The van der Waals surface area contributed by atoms with Gasteiger partial charge in [-0.1, -0.05) is 0 Å². The molecule has 200 valence electrons. The molecular weight excluding hydrogens is 476 g/mol. The number of aliphatic hydroxyl groups is 1. The molecule has 3 rings (SSSR count). The van der Waals surface area contributed by atoms with Crippen LogP contribution in [0.3, 0.4) is 0 Å². The minimum Gasteiger partial charge on any atom is -0.481 e. The number of carboxylic acids is 3. The van der Waals surface area contributed by atoms with E-state index in [-0.39, 0.29) is 0 Å². The number of hydrogen-bond acceptors (Lipinski definition) is 9. The maximum Gasteiger partial charge on any atom is 0.336 e. The molecule has 0 amide bonds. The van der Waals surface area contributed by atoms with E-state index in [1.54, 1.807) is 6.26 Å². The summed E-state index contributed by atoms with van der Waals surface area (Å²) in [6, 6.07) is 6.13. The number of rotatable bonds is 13. The number of hydrogen-bond donors (Lipinski definition) is 4. The Hall–Kier alpha value is -3.19. The number of morpholine rings is 1. The Morgan fingerprint density at radius 1 is 1.03 bits per heavy atom. The van der Waals surface area contributed by atoms with Gasteiger partial charge in [-0.2, -0.15) is 0 Å². The van der Waals surface area contributed by atoms with Gasteiger partial charge in [0.1, 0.15) is 11.5 Å². The zero-order chi connectivity index (χ0) is 26.6. The van der Waals surface area contributed by atoms with Crippen LogP contribution in [0.25, 0.3) is 0 Å². The van der Waals surface area contributed by atoms with Crippen molar-refractivity contribution in [3.63, 3.8) is 0 Å². The normalized spacial score (nSPS) is 14.3. The van der Waals surface area contributed by atoms with Crippen molar-refractivity contribution >= 4 is 17.9 Å². The lowest BCUT2D eigenvalue weighted by molar-refractivity contribution is -0.170. The molecule has 0 radical (unpaired) electrons. The van der Waals surface area contributed by atoms with Gasteiger partial charge in [-0.25, -0.2) is 4.79 Å². The summed E-state index contributed by atoms with van der Waals surface area (Å²) >= 11 is 0. The highest BCUT2D eigenvalue weighted by atomic mass is 16.5. The number of ether oxygens (including phenoxy) is 1. The van der Waals surface area contributed by atoms with E-state index in [2.05, 4.69) is 15.9 Å². The van der Waals surface area contributed by atoms with E-state index in [0.29, 0.717) is 0 Å². The number of carbonyl (C=O) groups is 3. The SMILES string of the molecule is Cc1ccc(CN(CCCN2CCOCC2)Cc2ccoc2)o1.O=C(O)CC(O)(CC(=O)O)C(=O)O. The molecule has 0 saturated carbocycles. The first kappa shape index (κ1) is 29.0. The minimum atomic E-state index is -2.74. The van der Waals surface area contributed by atoms with Crippen molar-refractivity contribution in [1.29, 1.82) is 0 Å². The highest BCUT2D eigenvalue weighted by molar-refractivity contribution is 5.88. The quantitative estimate of drug-likeness (QED) is 0.307. The fourth-order valence-corrected chi connectivity index (χ4v) is 3.70. The smallest absolute Gasteiger partial charge is 0.336 e. The van der Waals surface area contributed by atoms with Crippen molar-refractivity contribution in [3.05, 3.63) is 47.8 Å². The van der Waals surface area contributed by atoms with Crippen LogP contribution in [0.4, 0.5) is 0 Å². The van der Waals surface area contributed by atoms with Crippen LogP contribution in [-0.4, -0.2) is 93.1 Å². The van der Waals surface area contributed by atoms with Crippen LogP contribution >= 0.6 is 0 Å². The maximum absolute atomic E-state index is 10.3. The Morgan fingerprint density at radius 3 is 2.19 bits per heavy atom. The molecule has 0 spiro atoms. The second-order valence-corrected chi connectivity index (χ2v) is 8.64. The molecule has 1 aliphatic rings. The molecule has 0 aliphatic carbocycles. The minimum absolute atomic E-state index is 0.835. The number of aliphatic carboxylic acids is 3. The summed E-state index contributed by atoms with van der Waals surface area (Å²) < 4.78 is 16.3. The lowest BCUT2D eigenvalue weighted by Crippen LogP contribution is -2.42. The fourth-order valence-electron chi connectivity index (χ4n) is 3.70. The van der Waals surface area contributed by atoms with Gasteiger partial charge < -0.3 is 34.0 Å². The Balaban J connectivity index is 0.000000302. The monoisotopic (exact) mass is 510 g/mol. The third-order valence-corrected chi connectivity index (χ3v) is 5.50. The largest absolute Gasteiger partial charge is 0.481 e. The van der Waals surface area contributed by atoms with Crippen LogP contribution < -0.4 is 0 Å². The maximum atomic E-state index is 10.3. The van der Waals surface area contributed by atoms with E-state index in [4.69, 9.17) is 34.0 Å². The van der Waals surface area contributed by atoms with Gasteiger partial charge in [0.15, 0.2) is 5.60 Å². The summed E-state index contributed by atoms with van der Waals surface area (Å²) in [4.78, 5) is 35.4. The van der Waals surface area contributed by atoms with Crippen molar-refractivity contribution in [2.45, 2.75) is 44.9 Å². The summed E-state index contributed by atoms with van der Waals surface area (Å²) in [5.41, 5.74) is -1.53. The van der Waals surface area contributed by atoms with E-state index in [1.165, 1.54) is 5.56 Å². The molecule has 1 aliphatic heterocycles. The van der Waals surface area contributed by atoms with E-state index >= 15 is 0 Å². The van der Waals surface area contributed by atoms with Gasteiger partial charge in [-0.15, -0.1) is 0 Å². The Bertz CT molecular complexity index is 934. The Morgan fingerprint density at radius 2 is 1.69 bits per heavy atom. The van der Waals surface area contributed by atoms with Gasteiger partial charge in [0.05, 0.1) is 45.1 Å². The van der Waals surface area contributed by atoms with Crippen LogP contribution in [0, 0.1) is 6.92 Å². The zero-order valence-electron chi connectivity index (χ0n) is 20.3. The number of carboxylic acid groups (broad SMARTS) is 3. The van der Waals surface area contributed by atoms with Crippen molar-refractivity contribution in [3.8, 4) is 0 Å². The number of nitrogens with zero attached hydrogens (tertiary/aromatic N) is 2. The third kappa shape index (κ3) is 10.6.